The zero-order valence-corrected chi connectivity index (χ0v) is 8.10. The van der Waals surface area contributed by atoms with Gasteiger partial charge in [-0.25, -0.2) is 0 Å². The van der Waals surface area contributed by atoms with Crippen LogP contribution in [0.3, 0.4) is 0 Å². The summed E-state index contributed by atoms with van der Waals surface area (Å²) in [7, 11) is 1.89. The second-order valence-corrected chi connectivity index (χ2v) is 3.19. The highest BCUT2D eigenvalue weighted by atomic mass is 16.4. The fourth-order valence-corrected chi connectivity index (χ4v) is 1.55. The molecule has 0 atom stereocenters. The van der Waals surface area contributed by atoms with Crippen molar-refractivity contribution in [3.8, 4) is 0 Å². The van der Waals surface area contributed by atoms with Gasteiger partial charge in [-0.3, -0.25) is 4.68 Å². The van der Waals surface area contributed by atoms with Crippen molar-refractivity contribution in [2.75, 3.05) is 0 Å². The largest absolute Gasteiger partial charge is 0.411 e. The van der Waals surface area contributed by atoms with E-state index in [4.69, 9.17) is 5.21 Å². The standard InChI is InChI=1S/C10H11N3O/c1-7(12-14)8-4-3-5-10-9(8)6-11-13(10)2/h3-6,14H,1-2H3/b12-7+. The molecule has 0 radical (unpaired) electrons. The first kappa shape index (κ1) is 8.74. The first-order chi connectivity index (χ1) is 6.74. The van der Waals surface area contributed by atoms with E-state index < -0.39 is 0 Å². The number of benzene rings is 1. The maximum absolute atomic E-state index is 8.72. The first-order valence-corrected chi connectivity index (χ1v) is 4.34. The van der Waals surface area contributed by atoms with Crippen molar-refractivity contribution in [3.05, 3.63) is 30.0 Å². The number of nitrogens with zero attached hydrogens (tertiary/aromatic N) is 3. The molecule has 0 fully saturated rings. The van der Waals surface area contributed by atoms with E-state index in [1.165, 1.54) is 0 Å². The normalized spacial score (nSPS) is 12.3. The molecule has 0 aliphatic rings. The summed E-state index contributed by atoms with van der Waals surface area (Å²) in [5.74, 6) is 0. The SMILES string of the molecule is C/C(=N\O)c1cccc2c1cnn2C. The summed E-state index contributed by atoms with van der Waals surface area (Å²) in [6, 6.07) is 5.82. The molecule has 14 heavy (non-hydrogen) atoms. The van der Waals surface area contributed by atoms with Crippen LogP contribution in [-0.4, -0.2) is 20.7 Å². The molecule has 0 aliphatic heterocycles. The highest BCUT2D eigenvalue weighted by Gasteiger charge is 2.06. The predicted octanol–water partition coefficient (Wildman–Crippen LogP) is 1.77. The smallest absolute Gasteiger partial charge is 0.0844 e. The Morgan fingerprint density at radius 3 is 3.00 bits per heavy atom. The molecule has 1 aromatic heterocycles. The highest BCUT2D eigenvalue weighted by molar-refractivity contribution is 6.08. The van der Waals surface area contributed by atoms with Crippen LogP contribution in [0.5, 0.6) is 0 Å². The highest BCUT2D eigenvalue weighted by Crippen LogP contribution is 2.18. The second-order valence-electron chi connectivity index (χ2n) is 3.19. The van der Waals surface area contributed by atoms with Gasteiger partial charge in [0, 0.05) is 18.0 Å². The lowest BCUT2D eigenvalue weighted by Gasteiger charge is -2.00. The number of aromatic nitrogens is 2. The van der Waals surface area contributed by atoms with E-state index in [1.54, 1.807) is 17.8 Å². The molecule has 1 aromatic carbocycles. The Morgan fingerprint density at radius 2 is 2.29 bits per heavy atom. The summed E-state index contributed by atoms with van der Waals surface area (Å²) in [6.07, 6.45) is 1.78. The average molecular weight is 189 g/mol. The number of fused-ring (bicyclic) bond motifs is 1. The van der Waals surface area contributed by atoms with Crippen LogP contribution in [0.15, 0.2) is 29.6 Å². The van der Waals surface area contributed by atoms with Gasteiger partial charge in [0.2, 0.25) is 0 Å². The average Bonchev–Trinajstić information content (AvgIpc) is 2.59. The van der Waals surface area contributed by atoms with Gasteiger partial charge in [0.25, 0.3) is 0 Å². The third kappa shape index (κ3) is 1.16. The lowest BCUT2D eigenvalue weighted by atomic mass is 10.1. The summed E-state index contributed by atoms with van der Waals surface area (Å²) in [5, 5.41) is 17.1. The molecule has 2 aromatic rings. The number of aryl methyl sites for hydroxylation is 1. The third-order valence-corrected chi connectivity index (χ3v) is 2.33. The molecule has 0 saturated heterocycles. The third-order valence-electron chi connectivity index (χ3n) is 2.33. The minimum Gasteiger partial charge on any atom is -0.411 e. The zero-order chi connectivity index (χ0) is 10.1. The Labute approximate surface area is 81.5 Å². The fraction of sp³-hybridized carbons (Fsp3) is 0.200. The van der Waals surface area contributed by atoms with E-state index in [0.29, 0.717) is 5.71 Å². The zero-order valence-electron chi connectivity index (χ0n) is 8.10. The van der Waals surface area contributed by atoms with Crippen molar-refractivity contribution in [1.82, 2.24) is 9.78 Å². The van der Waals surface area contributed by atoms with E-state index in [0.717, 1.165) is 16.5 Å². The topological polar surface area (TPSA) is 50.4 Å². The monoisotopic (exact) mass is 189 g/mol. The molecule has 2 rings (SSSR count). The quantitative estimate of drug-likeness (QED) is 0.422. The van der Waals surface area contributed by atoms with Crippen LogP contribution < -0.4 is 0 Å². The van der Waals surface area contributed by atoms with Gasteiger partial charge in [-0.1, -0.05) is 17.3 Å². The lowest BCUT2D eigenvalue weighted by Crippen LogP contribution is -1.95. The molecule has 4 heteroatoms. The Hall–Kier alpha value is -1.84. The van der Waals surface area contributed by atoms with Crippen LogP contribution in [-0.2, 0) is 7.05 Å². The summed E-state index contributed by atoms with van der Waals surface area (Å²) >= 11 is 0. The number of hydrogen-bond acceptors (Lipinski definition) is 3. The van der Waals surface area contributed by atoms with Crippen LogP contribution in [0, 0.1) is 0 Å². The molecular formula is C10H11N3O. The van der Waals surface area contributed by atoms with Crippen molar-refractivity contribution in [2.45, 2.75) is 6.92 Å². The molecule has 72 valence electrons. The second kappa shape index (κ2) is 3.14. The van der Waals surface area contributed by atoms with Crippen LogP contribution >= 0.6 is 0 Å². The Balaban J connectivity index is 2.78. The molecule has 4 nitrogen and oxygen atoms in total. The van der Waals surface area contributed by atoms with E-state index >= 15 is 0 Å². The van der Waals surface area contributed by atoms with Gasteiger partial charge in [-0.15, -0.1) is 0 Å². The maximum atomic E-state index is 8.72. The molecule has 0 amide bonds. The van der Waals surface area contributed by atoms with Gasteiger partial charge < -0.3 is 5.21 Å². The molecule has 0 bridgehead atoms. The Bertz CT molecular complexity index is 499. The van der Waals surface area contributed by atoms with E-state index in [2.05, 4.69) is 10.3 Å². The number of oxime groups is 1. The van der Waals surface area contributed by atoms with Crippen LogP contribution in [0.2, 0.25) is 0 Å². The number of rotatable bonds is 1. The summed E-state index contributed by atoms with van der Waals surface area (Å²) < 4.78 is 1.80. The van der Waals surface area contributed by atoms with E-state index in [-0.39, 0.29) is 0 Å². The van der Waals surface area contributed by atoms with E-state index in [1.807, 2.05) is 25.2 Å². The summed E-state index contributed by atoms with van der Waals surface area (Å²) in [6.45, 7) is 1.77. The molecule has 0 unspecified atom stereocenters. The Morgan fingerprint density at radius 1 is 1.50 bits per heavy atom. The van der Waals surface area contributed by atoms with Crippen molar-refractivity contribution in [1.29, 1.82) is 0 Å². The van der Waals surface area contributed by atoms with Crippen molar-refractivity contribution >= 4 is 16.6 Å². The minimum absolute atomic E-state index is 0.601. The molecule has 0 saturated carbocycles. The molecule has 1 heterocycles. The van der Waals surface area contributed by atoms with Crippen molar-refractivity contribution in [3.63, 3.8) is 0 Å². The predicted molar refractivity (Wildman–Crippen MR) is 54.7 cm³/mol. The number of hydrogen-bond donors (Lipinski definition) is 1. The lowest BCUT2D eigenvalue weighted by molar-refractivity contribution is 0.319. The van der Waals surface area contributed by atoms with Gasteiger partial charge in [0.1, 0.15) is 0 Å². The summed E-state index contributed by atoms with van der Waals surface area (Å²) in [4.78, 5) is 0. The maximum Gasteiger partial charge on any atom is 0.0844 e. The first-order valence-electron chi connectivity index (χ1n) is 4.34. The van der Waals surface area contributed by atoms with E-state index in [9.17, 15) is 0 Å². The summed E-state index contributed by atoms with van der Waals surface area (Å²) in [5.41, 5.74) is 2.55. The van der Waals surface area contributed by atoms with Crippen LogP contribution in [0.1, 0.15) is 12.5 Å². The van der Waals surface area contributed by atoms with Gasteiger partial charge in [0.15, 0.2) is 0 Å². The van der Waals surface area contributed by atoms with Gasteiger partial charge in [0.05, 0.1) is 17.4 Å². The van der Waals surface area contributed by atoms with Crippen LogP contribution in [0.25, 0.3) is 10.9 Å². The van der Waals surface area contributed by atoms with Crippen molar-refractivity contribution < 1.29 is 5.21 Å². The van der Waals surface area contributed by atoms with Crippen LogP contribution in [0.4, 0.5) is 0 Å². The Kier molecular flexibility index (Phi) is 1.96. The molecular weight excluding hydrogens is 178 g/mol. The van der Waals surface area contributed by atoms with Gasteiger partial charge in [-0.05, 0) is 13.0 Å². The molecule has 1 N–H and O–H groups in total. The fourth-order valence-electron chi connectivity index (χ4n) is 1.55. The minimum atomic E-state index is 0.601. The van der Waals surface area contributed by atoms with Gasteiger partial charge in [-0.2, -0.15) is 5.10 Å². The molecule has 0 aliphatic carbocycles. The molecule has 0 spiro atoms. The van der Waals surface area contributed by atoms with Crippen molar-refractivity contribution in [2.24, 2.45) is 12.2 Å². The van der Waals surface area contributed by atoms with Gasteiger partial charge >= 0.3 is 0 Å².